The van der Waals surface area contributed by atoms with Crippen LogP contribution in [0.3, 0.4) is 0 Å². The predicted octanol–water partition coefficient (Wildman–Crippen LogP) is 8.84. The topological polar surface area (TPSA) is 26.3 Å². The van der Waals surface area contributed by atoms with Gasteiger partial charge in [0.25, 0.3) is 0 Å². The fraction of sp³-hybridized carbons (Fsp3) is 0.650. The monoisotopic (exact) mass is 494 g/mol. The number of esters is 1. The number of carbonyl (C=O) groups excluding carboxylic acids is 1. The summed E-state index contributed by atoms with van der Waals surface area (Å²) in [6, 6.07) is 0. The van der Waals surface area contributed by atoms with E-state index >= 15 is 0 Å². The number of thioether (sulfide) groups is 6. The summed E-state index contributed by atoms with van der Waals surface area (Å²) < 4.78 is 10.4. The van der Waals surface area contributed by atoms with Gasteiger partial charge in [0.1, 0.15) is 4.91 Å². The van der Waals surface area contributed by atoms with Crippen molar-refractivity contribution < 1.29 is 9.53 Å². The Kier molecular flexibility index (Phi) is 13.2. The first-order valence-electron chi connectivity index (χ1n) is 9.92. The molecule has 0 radical (unpaired) electrons. The van der Waals surface area contributed by atoms with Crippen molar-refractivity contribution in [2.24, 2.45) is 0 Å². The number of hydrogen-bond acceptors (Lipinski definition) is 8. The van der Waals surface area contributed by atoms with Crippen molar-refractivity contribution in [2.45, 2.75) is 65.2 Å². The van der Waals surface area contributed by atoms with Gasteiger partial charge in [-0.15, -0.1) is 23.5 Å². The minimum atomic E-state index is -0.231. The quantitative estimate of drug-likeness (QED) is 0.185. The van der Waals surface area contributed by atoms with Crippen LogP contribution in [0.1, 0.15) is 65.2 Å². The van der Waals surface area contributed by atoms with E-state index in [4.69, 9.17) is 4.74 Å². The van der Waals surface area contributed by atoms with E-state index in [1.807, 2.05) is 52.5 Å². The molecule has 0 fully saturated rings. The van der Waals surface area contributed by atoms with Crippen molar-refractivity contribution in [3.05, 3.63) is 27.3 Å². The first kappa shape index (κ1) is 25.1. The van der Waals surface area contributed by atoms with E-state index in [1.165, 1.54) is 86.9 Å². The molecule has 0 amide bonds. The number of hydrogen-bond donors (Lipinski definition) is 0. The highest BCUT2D eigenvalue weighted by molar-refractivity contribution is 8.42. The predicted molar refractivity (Wildman–Crippen MR) is 138 cm³/mol. The SMILES string of the molecule is CCCCCCSC1=C(SCCCCCC)SC(=C2SC=C(C(=O)OC)S2)S1. The van der Waals surface area contributed by atoms with E-state index in [9.17, 15) is 4.79 Å². The van der Waals surface area contributed by atoms with Crippen LogP contribution >= 0.6 is 70.6 Å². The molecule has 158 valence electrons. The Morgan fingerprint density at radius 2 is 1.43 bits per heavy atom. The van der Waals surface area contributed by atoms with Gasteiger partial charge >= 0.3 is 5.97 Å². The van der Waals surface area contributed by atoms with Gasteiger partial charge in [0.2, 0.25) is 0 Å². The molecular weight excluding hydrogens is 465 g/mol. The molecule has 0 atom stereocenters. The molecule has 2 aliphatic heterocycles. The van der Waals surface area contributed by atoms with Gasteiger partial charge in [-0.3, -0.25) is 0 Å². The van der Waals surface area contributed by atoms with Gasteiger partial charge in [-0.05, 0) is 29.8 Å². The number of rotatable bonds is 13. The molecular formula is C20H30O2S6. The average Bonchev–Trinajstić information content (AvgIpc) is 3.34. The maximum atomic E-state index is 11.8. The lowest BCUT2D eigenvalue weighted by molar-refractivity contribution is -0.135. The molecule has 2 aliphatic rings. The molecule has 8 heteroatoms. The van der Waals surface area contributed by atoms with Crippen molar-refractivity contribution in [3.8, 4) is 0 Å². The van der Waals surface area contributed by atoms with Gasteiger partial charge in [-0.25, -0.2) is 4.79 Å². The van der Waals surface area contributed by atoms with Crippen molar-refractivity contribution in [1.29, 1.82) is 0 Å². The Labute approximate surface area is 196 Å². The van der Waals surface area contributed by atoms with Gasteiger partial charge in [0.05, 0.1) is 24.1 Å². The summed E-state index contributed by atoms with van der Waals surface area (Å²) in [6.07, 6.45) is 10.5. The summed E-state index contributed by atoms with van der Waals surface area (Å²) >= 11 is 11.1. The van der Waals surface area contributed by atoms with Crippen molar-refractivity contribution in [2.75, 3.05) is 18.6 Å². The van der Waals surface area contributed by atoms with Crippen LogP contribution in [0.4, 0.5) is 0 Å². The molecule has 0 bridgehead atoms. The Bertz CT molecular complexity index is 584. The highest BCUT2D eigenvalue weighted by Gasteiger charge is 2.29. The molecule has 0 saturated heterocycles. The number of ether oxygens (including phenoxy) is 1. The zero-order valence-corrected chi connectivity index (χ0v) is 21.8. The van der Waals surface area contributed by atoms with E-state index in [0.29, 0.717) is 4.91 Å². The van der Waals surface area contributed by atoms with Gasteiger partial charge in [-0.2, -0.15) is 0 Å². The highest BCUT2D eigenvalue weighted by atomic mass is 32.3. The van der Waals surface area contributed by atoms with Crippen LogP contribution in [0.5, 0.6) is 0 Å². The zero-order valence-electron chi connectivity index (χ0n) is 16.9. The summed E-state index contributed by atoms with van der Waals surface area (Å²) in [7, 11) is 1.45. The maximum Gasteiger partial charge on any atom is 0.345 e. The van der Waals surface area contributed by atoms with E-state index in [2.05, 4.69) is 13.8 Å². The normalized spacial score (nSPS) is 16.9. The standard InChI is InChI=1S/C20H30O2S6/c1-4-6-8-10-12-23-17-18(24-13-11-9-7-5-2)28-20(27-17)19-25-14-15(26-19)16(21)22-3/h14H,4-13H2,1-3H3. The number of methoxy groups -OCH3 is 1. The minimum absolute atomic E-state index is 0.231. The summed E-state index contributed by atoms with van der Waals surface area (Å²) in [5.41, 5.74) is 0. The number of carbonyl (C=O) groups is 1. The van der Waals surface area contributed by atoms with Gasteiger partial charge in [0.15, 0.2) is 0 Å². The second kappa shape index (κ2) is 14.7. The van der Waals surface area contributed by atoms with Crippen LogP contribution in [0, 0.1) is 0 Å². The summed E-state index contributed by atoms with van der Waals surface area (Å²) in [5, 5.41) is 1.92. The molecule has 28 heavy (non-hydrogen) atoms. The largest absolute Gasteiger partial charge is 0.465 e. The summed E-state index contributed by atoms with van der Waals surface area (Å²) in [4.78, 5) is 12.5. The van der Waals surface area contributed by atoms with Crippen LogP contribution in [-0.4, -0.2) is 24.6 Å². The van der Waals surface area contributed by atoms with Crippen LogP contribution in [0.2, 0.25) is 0 Å². The Balaban J connectivity index is 1.92. The first-order valence-corrected chi connectivity index (χ1v) is 15.2. The second-order valence-electron chi connectivity index (χ2n) is 6.37. The minimum Gasteiger partial charge on any atom is -0.465 e. The van der Waals surface area contributed by atoms with Crippen LogP contribution < -0.4 is 0 Å². The molecule has 0 aliphatic carbocycles. The van der Waals surface area contributed by atoms with Gasteiger partial charge < -0.3 is 4.74 Å². The molecule has 0 aromatic rings. The van der Waals surface area contributed by atoms with Crippen molar-refractivity contribution >= 4 is 76.5 Å². The molecule has 2 heterocycles. The van der Waals surface area contributed by atoms with E-state index in [0.717, 1.165) is 0 Å². The van der Waals surface area contributed by atoms with E-state index < -0.39 is 0 Å². The molecule has 0 aromatic heterocycles. The molecule has 0 spiro atoms. The fourth-order valence-electron chi connectivity index (χ4n) is 2.46. The summed E-state index contributed by atoms with van der Waals surface area (Å²) in [5.74, 6) is 2.18. The Hall–Kier alpha value is 0.790. The molecule has 0 N–H and O–H groups in total. The molecule has 0 unspecified atom stereocenters. The van der Waals surface area contributed by atoms with Crippen molar-refractivity contribution in [3.63, 3.8) is 0 Å². The lowest BCUT2D eigenvalue weighted by Crippen LogP contribution is -1.99. The first-order chi connectivity index (χ1) is 13.7. The third-order valence-electron chi connectivity index (χ3n) is 4.03. The third kappa shape index (κ3) is 8.50. The van der Waals surface area contributed by atoms with Crippen LogP contribution in [0.15, 0.2) is 27.3 Å². The van der Waals surface area contributed by atoms with E-state index in [1.54, 1.807) is 23.5 Å². The molecule has 0 aromatic carbocycles. The van der Waals surface area contributed by atoms with E-state index in [-0.39, 0.29) is 5.97 Å². The third-order valence-corrected chi connectivity index (χ3v) is 12.6. The second-order valence-corrected chi connectivity index (χ2v) is 13.6. The molecule has 0 saturated carbocycles. The molecule has 2 nitrogen and oxygen atoms in total. The Morgan fingerprint density at radius 1 is 0.857 bits per heavy atom. The maximum absolute atomic E-state index is 11.8. The smallest absolute Gasteiger partial charge is 0.345 e. The number of unbranched alkanes of at least 4 members (excludes halogenated alkanes) is 6. The lowest BCUT2D eigenvalue weighted by Gasteiger charge is -2.05. The van der Waals surface area contributed by atoms with Crippen LogP contribution in [0.25, 0.3) is 0 Å². The zero-order chi connectivity index (χ0) is 20.2. The van der Waals surface area contributed by atoms with Crippen LogP contribution in [-0.2, 0) is 9.53 Å². The summed E-state index contributed by atoms with van der Waals surface area (Å²) in [6.45, 7) is 4.52. The van der Waals surface area contributed by atoms with Crippen molar-refractivity contribution in [1.82, 2.24) is 0 Å². The molecule has 2 rings (SSSR count). The lowest BCUT2D eigenvalue weighted by atomic mass is 10.2. The Morgan fingerprint density at radius 3 is 1.93 bits per heavy atom. The fourth-order valence-corrected chi connectivity index (χ4v) is 10.9. The highest BCUT2D eigenvalue weighted by Crippen LogP contribution is 2.62. The van der Waals surface area contributed by atoms with Gasteiger partial charge in [-0.1, -0.05) is 99.4 Å². The van der Waals surface area contributed by atoms with Gasteiger partial charge in [0, 0.05) is 0 Å². The average molecular weight is 495 g/mol.